The smallest absolute Gasteiger partial charge is 0.0640 e. The Hall–Kier alpha value is -5.48. The third-order valence-corrected chi connectivity index (χ3v) is 11.9. The van der Waals surface area contributed by atoms with Gasteiger partial charge in [0.25, 0.3) is 0 Å². The summed E-state index contributed by atoms with van der Waals surface area (Å²) < 4.78 is 5.26. The highest BCUT2D eigenvalue weighted by molar-refractivity contribution is 7.26. The van der Waals surface area contributed by atoms with E-state index in [0.29, 0.717) is 0 Å². The highest BCUT2D eigenvalue weighted by Crippen LogP contribution is 2.48. The van der Waals surface area contributed by atoms with Crippen molar-refractivity contribution in [1.82, 2.24) is 0 Å². The molecule has 0 unspecified atom stereocenters. The van der Waals surface area contributed by atoms with E-state index in [1.165, 1.54) is 84.4 Å². The molecule has 0 aliphatic rings. The number of rotatable bonds is 4. The largest absolute Gasteiger partial charge is 0.308 e. The van der Waals surface area contributed by atoms with E-state index in [2.05, 4.69) is 169 Å². The third-order valence-electron chi connectivity index (χ3n) is 9.43. The second-order valence-electron chi connectivity index (χ2n) is 12.1. The maximum atomic E-state index is 2.50. The van der Waals surface area contributed by atoms with Crippen LogP contribution in [0.2, 0.25) is 0 Å². The zero-order valence-electron chi connectivity index (χ0n) is 25.4. The average molecular weight is 634 g/mol. The molecule has 0 aliphatic carbocycles. The van der Waals surface area contributed by atoms with E-state index in [1.807, 2.05) is 22.7 Å². The fourth-order valence-electron chi connectivity index (χ4n) is 7.32. The lowest BCUT2D eigenvalue weighted by atomic mass is 9.98. The van der Waals surface area contributed by atoms with Crippen LogP contribution in [0.15, 0.2) is 164 Å². The number of fused-ring (bicyclic) bond motifs is 9. The second kappa shape index (κ2) is 10.5. The molecular formula is C44H27NS2. The van der Waals surface area contributed by atoms with Gasteiger partial charge in [-0.25, -0.2) is 0 Å². The Balaban J connectivity index is 1.28. The number of hydrogen-bond donors (Lipinski definition) is 0. The van der Waals surface area contributed by atoms with Crippen LogP contribution < -0.4 is 4.90 Å². The lowest BCUT2D eigenvalue weighted by Crippen LogP contribution is -2.11. The number of thiophene rings is 2. The molecule has 0 saturated heterocycles. The monoisotopic (exact) mass is 633 g/mol. The van der Waals surface area contributed by atoms with Crippen molar-refractivity contribution < 1.29 is 0 Å². The van der Waals surface area contributed by atoms with Gasteiger partial charge < -0.3 is 4.90 Å². The summed E-state index contributed by atoms with van der Waals surface area (Å²) in [7, 11) is 0. The van der Waals surface area contributed by atoms with Gasteiger partial charge in [0.1, 0.15) is 0 Å². The molecule has 0 amide bonds. The van der Waals surface area contributed by atoms with E-state index in [1.54, 1.807) is 0 Å². The van der Waals surface area contributed by atoms with E-state index in [4.69, 9.17) is 0 Å². The Labute approximate surface area is 280 Å². The van der Waals surface area contributed by atoms with E-state index in [-0.39, 0.29) is 0 Å². The Morgan fingerprint density at radius 1 is 0.362 bits per heavy atom. The molecule has 0 N–H and O–H groups in total. The highest BCUT2D eigenvalue weighted by atomic mass is 32.1. The molecule has 1 nitrogen and oxygen atoms in total. The van der Waals surface area contributed by atoms with E-state index >= 15 is 0 Å². The molecule has 10 rings (SSSR count). The van der Waals surface area contributed by atoms with Gasteiger partial charge in [0.2, 0.25) is 0 Å². The predicted octanol–water partition coefficient (Wildman–Crippen LogP) is 13.9. The van der Waals surface area contributed by atoms with Crippen LogP contribution in [0, 0.1) is 0 Å². The molecule has 0 spiro atoms. The predicted molar refractivity (Wildman–Crippen MR) is 207 cm³/mol. The van der Waals surface area contributed by atoms with Crippen molar-refractivity contribution in [2.24, 2.45) is 0 Å². The average Bonchev–Trinajstić information content (AvgIpc) is 3.71. The minimum atomic E-state index is 1.14. The van der Waals surface area contributed by atoms with Gasteiger partial charge in [0.05, 0.1) is 16.1 Å². The van der Waals surface area contributed by atoms with Gasteiger partial charge in [-0.3, -0.25) is 0 Å². The van der Waals surface area contributed by atoms with E-state index in [9.17, 15) is 0 Å². The van der Waals surface area contributed by atoms with Crippen LogP contribution >= 0.6 is 22.7 Å². The van der Waals surface area contributed by atoms with Crippen LogP contribution in [0.5, 0.6) is 0 Å². The lowest BCUT2D eigenvalue weighted by molar-refractivity contribution is 1.32. The molecule has 220 valence electrons. The number of benzene rings is 8. The van der Waals surface area contributed by atoms with Crippen LogP contribution in [-0.4, -0.2) is 0 Å². The topological polar surface area (TPSA) is 3.24 Å². The first kappa shape index (κ1) is 26.7. The SMILES string of the molecule is c1cc(-c2cccc3c2sc2ccccc23)cc(N(c2cc3ccccc3c3ccccc23)c2cccc3c2sc2ccccc23)c1. The molecule has 0 bridgehead atoms. The lowest BCUT2D eigenvalue weighted by Gasteiger charge is -2.28. The summed E-state index contributed by atoms with van der Waals surface area (Å²) in [6.07, 6.45) is 0. The van der Waals surface area contributed by atoms with Gasteiger partial charge in [0, 0.05) is 46.7 Å². The minimum absolute atomic E-state index is 1.14. The molecule has 0 atom stereocenters. The summed E-state index contributed by atoms with van der Waals surface area (Å²) in [6, 6.07) is 60.2. The van der Waals surface area contributed by atoms with Crippen molar-refractivity contribution in [1.29, 1.82) is 0 Å². The quantitative estimate of drug-likeness (QED) is 0.174. The van der Waals surface area contributed by atoms with Crippen molar-refractivity contribution in [2.75, 3.05) is 4.90 Å². The first-order valence-corrected chi connectivity index (χ1v) is 17.6. The van der Waals surface area contributed by atoms with Crippen LogP contribution in [0.25, 0.3) is 73.0 Å². The standard InChI is InChI=1S/C44H27NS2/c1-2-15-31-29(12-1)27-40(34-17-4-3-16-33(31)34)45(39-23-11-22-38-36-19-6-8-25-42(36)47-44(38)39)30-14-9-13-28(26-30)32-20-10-21-37-35-18-5-7-24-41(35)46-43(32)37/h1-27H. The fraction of sp³-hybridized carbons (Fsp3) is 0. The van der Waals surface area contributed by atoms with E-state index in [0.717, 1.165) is 5.69 Å². The molecule has 3 heteroatoms. The van der Waals surface area contributed by atoms with Crippen LogP contribution in [-0.2, 0) is 0 Å². The molecule has 0 saturated carbocycles. The maximum Gasteiger partial charge on any atom is 0.0640 e. The minimum Gasteiger partial charge on any atom is -0.308 e. The summed E-state index contributed by atoms with van der Waals surface area (Å²) >= 11 is 3.77. The molecule has 0 radical (unpaired) electrons. The Bertz CT molecular complexity index is 2820. The zero-order valence-corrected chi connectivity index (χ0v) is 27.0. The molecule has 0 fully saturated rings. The van der Waals surface area contributed by atoms with Gasteiger partial charge in [-0.05, 0) is 63.7 Å². The molecule has 2 aromatic heterocycles. The first-order chi connectivity index (χ1) is 23.3. The van der Waals surface area contributed by atoms with Crippen molar-refractivity contribution in [3.8, 4) is 11.1 Å². The molecule has 0 aliphatic heterocycles. The Kier molecular flexibility index (Phi) is 5.98. The van der Waals surface area contributed by atoms with E-state index < -0.39 is 0 Å². The number of anilines is 3. The summed E-state index contributed by atoms with van der Waals surface area (Å²) in [5.41, 5.74) is 6.01. The summed E-state index contributed by atoms with van der Waals surface area (Å²) in [5, 5.41) is 10.3. The fourth-order valence-corrected chi connectivity index (χ4v) is 9.77. The van der Waals surface area contributed by atoms with Crippen molar-refractivity contribution >= 4 is 102 Å². The van der Waals surface area contributed by atoms with Crippen LogP contribution in [0.4, 0.5) is 17.1 Å². The van der Waals surface area contributed by atoms with Gasteiger partial charge in [-0.15, -0.1) is 22.7 Å². The normalized spacial score (nSPS) is 11.8. The van der Waals surface area contributed by atoms with Crippen molar-refractivity contribution in [3.05, 3.63) is 164 Å². The van der Waals surface area contributed by atoms with Crippen LogP contribution in [0.3, 0.4) is 0 Å². The van der Waals surface area contributed by atoms with Gasteiger partial charge in [-0.2, -0.15) is 0 Å². The summed E-state index contributed by atoms with van der Waals surface area (Å²) in [4.78, 5) is 2.50. The van der Waals surface area contributed by atoms with Gasteiger partial charge >= 0.3 is 0 Å². The van der Waals surface area contributed by atoms with Gasteiger partial charge in [-0.1, -0.05) is 127 Å². The summed E-state index contributed by atoms with van der Waals surface area (Å²) in [5.74, 6) is 0. The first-order valence-electron chi connectivity index (χ1n) is 15.9. The third kappa shape index (κ3) is 4.14. The second-order valence-corrected chi connectivity index (χ2v) is 14.2. The van der Waals surface area contributed by atoms with Crippen molar-refractivity contribution in [2.45, 2.75) is 0 Å². The van der Waals surface area contributed by atoms with Crippen LogP contribution in [0.1, 0.15) is 0 Å². The zero-order chi connectivity index (χ0) is 30.9. The molecular weight excluding hydrogens is 607 g/mol. The highest BCUT2D eigenvalue weighted by Gasteiger charge is 2.22. The molecule has 47 heavy (non-hydrogen) atoms. The van der Waals surface area contributed by atoms with Gasteiger partial charge in [0.15, 0.2) is 0 Å². The molecule has 2 heterocycles. The number of hydrogen-bond acceptors (Lipinski definition) is 3. The van der Waals surface area contributed by atoms with Crippen molar-refractivity contribution in [3.63, 3.8) is 0 Å². The Morgan fingerprint density at radius 2 is 0.936 bits per heavy atom. The molecule has 8 aromatic carbocycles. The number of nitrogens with zero attached hydrogens (tertiary/aromatic N) is 1. The molecule has 10 aromatic rings. The Morgan fingerprint density at radius 3 is 1.72 bits per heavy atom. The maximum absolute atomic E-state index is 2.50. The summed E-state index contributed by atoms with van der Waals surface area (Å²) in [6.45, 7) is 0.